The van der Waals surface area contributed by atoms with E-state index < -0.39 is 15.8 Å². The molecular weight excluding hydrogens is 267 g/mol. The summed E-state index contributed by atoms with van der Waals surface area (Å²) in [6, 6.07) is 2.43. The Kier molecular flexibility index (Phi) is 4.92. The molecule has 0 aromatic heterocycles. The van der Waals surface area contributed by atoms with Gasteiger partial charge in [0.15, 0.2) is 0 Å². The van der Waals surface area contributed by atoms with Gasteiger partial charge in [0.25, 0.3) is 0 Å². The van der Waals surface area contributed by atoms with Crippen molar-refractivity contribution in [2.45, 2.75) is 32.1 Å². The summed E-state index contributed by atoms with van der Waals surface area (Å²) in [5.74, 6) is -0.360. The Morgan fingerprint density at radius 1 is 1.42 bits per heavy atom. The lowest BCUT2D eigenvalue weighted by atomic mass is 10.1. The van der Waals surface area contributed by atoms with E-state index in [9.17, 15) is 12.8 Å². The van der Waals surface area contributed by atoms with Crippen molar-refractivity contribution in [1.82, 2.24) is 4.31 Å². The van der Waals surface area contributed by atoms with Gasteiger partial charge >= 0.3 is 0 Å². The van der Waals surface area contributed by atoms with Gasteiger partial charge in [-0.15, -0.1) is 0 Å². The Bertz CT molecular complexity index is 558. The van der Waals surface area contributed by atoms with Gasteiger partial charge in [0.05, 0.1) is 4.90 Å². The van der Waals surface area contributed by atoms with Crippen molar-refractivity contribution in [2.75, 3.05) is 19.3 Å². The number of hydrogen-bond donors (Lipinski definition) is 1. The van der Waals surface area contributed by atoms with Crippen LogP contribution in [0.25, 0.3) is 0 Å². The third kappa shape index (κ3) is 3.45. The molecule has 0 aliphatic carbocycles. The minimum atomic E-state index is -3.71. The number of anilines is 1. The second kappa shape index (κ2) is 5.88. The monoisotopic (exact) mass is 288 g/mol. The van der Waals surface area contributed by atoms with Crippen molar-refractivity contribution in [1.29, 1.82) is 0 Å². The van der Waals surface area contributed by atoms with Gasteiger partial charge in [-0.3, -0.25) is 0 Å². The zero-order valence-corrected chi connectivity index (χ0v) is 12.6. The van der Waals surface area contributed by atoms with Gasteiger partial charge in [-0.2, -0.15) is 0 Å². The molecule has 1 aromatic rings. The summed E-state index contributed by atoms with van der Waals surface area (Å²) < 4.78 is 39.7. The standard InChI is InChI=1S/C13H21FN2O2S/c1-5-9(2)8-16(4)19(17,18)13-7-11(15)6-12(14)10(13)3/h6-7,9H,5,8,15H2,1-4H3. The normalized spacial score (nSPS) is 13.8. The highest BCUT2D eigenvalue weighted by atomic mass is 32.2. The quantitative estimate of drug-likeness (QED) is 0.846. The van der Waals surface area contributed by atoms with Crippen molar-refractivity contribution in [3.63, 3.8) is 0 Å². The van der Waals surface area contributed by atoms with Crippen LogP contribution in [0.4, 0.5) is 10.1 Å². The van der Waals surface area contributed by atoms with Crippen LogP contribution < -0.4 is 5.73 Å². The molecule has 0 amide bonds. The molecule has 0 aliphatic heterocycles. The zero-order valence-electron chi connectivity index (χ0n) is 11.8. The molecule has 0 spiro atoms. The highest BCUT2D eigenvalue weighted by Crippen LogP contribution is 2.25. The molecule has 0 saturated heterocycles. The molecule has 1 aromatic carbocycles. The van der Waals surface area contributed by atoms with Crippen molar-refractivity contribution in [3.05, 3.63) is 23.5 Å². The summed E-state index contributed by atoms with van der Waals surface area (Å²) in [4.78, 5) is -0.0594. The van der Waals surface area contributed by atoms with E-state index in [0.29, 0.717) is 6.54 Å². The molecule has 0 radical (unpaired) electrons. The number of nitrogens with zero attached hydrogens (tertiary/aromatic N) is 1. The maximum absolute atomic E-state index is 13.6. The topological polar surface area (TPSA) is 63.4 Å². The van der Waals surface area contributed by atoms with Crippen LogP contribution in [0.2, 0.25) is 0 Å². The SMILES string of the molecule is CCC(C)CN(C)S(=O)(=O)c1cc(N)cc(F)c1C. The lowest BCUT2D eigenvalue weighted by molar-refractivity contribution is 0.393. The van der Waals surface area contributed by atoms with Gasteiger partial charge < -0.3 is 5.73 Å². The van der Waals surface area contributed by atoms with Crippen molar-refractivity contribution in [3.8, 4) is 0 Å². The van der Waals surface area contributed by atoms with E-state index in [1.54, 1.807) is 0 Å². The Balaban J connectivity index is 3.20. The lowest BCUT2D eigenvalue weighted by Gasteiger charge is -2.21. The summed E-state index contributed by atoms with van der Waals surface area (Å²) in [6.07, 6.45) is 0.879. The summed E-state index contributed by atoms with van der Waals surface area (Å²) in [7, 11) is -2.20. The van der Waals surface area contributed by atoms with E-state index >= 15 is 0 Å². The fraction of sp³-hybridized carbons (Fsp3) is 0.538. The third-order valence-electron chi connectivity index (χ3n) is 3.27. The molecule has 1 atom stereocenters. The number of nitrogens with two attached hydrogens (primary N) is 1. The van der Waals surface area contributed by atoms with Crippen LogP contribution in [0, 0.1) is 18.7 Å². The number of halogens is 1. The average Bonchev–Trinajstić information content (AvgIpc) is 2.33. The highest BCUT2D eigenvalue weighted by molar-refractivity contribution is 7.89. The van der Waals surface area contributed by atoms with E-state index in [4.69, 9.17) is 5.73 Å². The van der Waals surface area contributed by atoms with Crippen LogP contribution in [0.3, 0.4) is 0 Å². The van der Waals surface area contributed by atoms with Gasteiger partial charge in [-0.05, 0) is 25.0 Å². The smallest absolute Gasteiger partial charge is 0.243 e. The minimum Gasteiger partial charge on any atom is -0.399 e. The Labute approximate surface area is 114 Å². The molecule has 0 aliphatic rings. The molecule has 0 bridgehead atoms. The van der Waals surface area contributed by atoms with E-state index in [1.807, 2.05) is 13.8 Å². The van der Waals surface area contributed by atoms with E-state index in [-0.39, 0.29) is 22.1 Å². The van der Waals surface area contributed by atoms with Crippen LogP contribution in [0.1, 0.15) is 25.8 Å². The fourth-order valence-electron chi connectivity index (χ4n) is 1.78. The Morgan fingerprint density at radius 2 is 2.00 bits per heavy atom. The van der Waals surface area contributed by atoms with Crippen LogP contribution in [-0.2, 0) is 10.0 Å². The first-order valence-corrected chi connectivity index (χ1v) is 7.66. The van der Waals surface area contributed by atoms with Crippen LogP contribution in [0.15, 0.2) is 17.0 Å². The molecule has 1 rings (SSSR count). The zero-order chi connectivity index (χ0) is 14.8. The minimum absolute atomic E-state index is 0.0594. The van der Waals surface area contributed by atoms with Crippen LogP contribution >= 0.6 is 0 Å². The summed E-state index contributed by atoms with van der Waals surface area (Å²) in [5.41, 5.74) is 5.74. The molecule has 0 heterocycles. The van der Waals surface area contributed by atoms with Crippen molar-refractivity contribution in [2.24, 2.45) is 5.92 Å². The number of sulfonamides is 1. The van der Waals surface area contributed by atoms with Gasteiger partial charge in [-0.1, -0.05) is 20.3 Å². The second-order valence-corrected chi connectivity index (χ2v) is 6.94. The molecule has 2 N–H and O–H groups in total. The Hall–Kier alpha value is -1.14. The molecule has 0 fully saturated rings. The molecule has 4 nitrogen and oxygen atoms in total. The molecule has 19 heavy (non-hydrogen) atoms. The van der Waals surface area contributed by atoms with Crippen molar-refractivity contribution >= 4 is 15.7 Å². The largest absolute Gasteiger partial charge is 0.399 e. The maximum Gasteiger partial charge on any atom is 0.243 e. The first-order chi connectivity index (χ1) is 8.70. The number of nitrogen functional groups attached to an aromatic ring is 1. The highest BCUT2D eigenvalue weighted by Gasteiger charge is 2.25. The van der Waals surface area contributed by atoms with Gasteiger partial charge in [0.1, 0.15) is 5.82 Å². The first-order valence-electron chi connectivity index (χ1n) is 6.22. The predicted molar refractivity (Wildman–Crippen MR) is 74.8 cm³/mol. The third-order valence-corrected chi connectivity index (χ3v) is 5.22. The van der Waals surface area contributed by atoms with Crippen LogP contribution in [-0.4, -0.2) is 26.3 Å². The van der Waals surface area contributed by atoms with E-state index in [1.165, 1.54) is 24.3 Å². The second-order valence-electron chi connectivity index (χ2n) is 4.92. The van der Waals surface area contributed by atoms with Crippen molar-refractivity contribution < 1.29 is 12.8 Å². The van der Waals surface area contributed by atoms with Gasteiger partial charge in [0, 0.05) is 24.8 Å². The predicted octanol–water partition coefficient (Wildman–Crippen LogP) is 2.38. The fourth-order valence-corrected chi connectivity index (χ4v) is 3.33. The molecule has 1 unspecified atom stereocenters. The maximum atomic E-state index is 13.6. The number of rotatable bonds is 5. The first kappa shape index (κ1) is 15.9. The summed E-state index contributed by atoms with van der Waals surface area (Å²) in [5, 5.41) is 0. The molecule has 0 saturated carbocycles. The number of hydrogen-bond acceptors (Lipinski definition) is 3. The number of benzene rings is 1. The summed E-state index contributed by atoms with van der Waals surface area (Å²) in [6.45, 7) is 5.81. The lowest BCUT2D eigenvalue weighted by Crippen LogP contribution is -2.31. The molecule has 108 valence electrons. The molecular formula is C13H21FN2O2S. The van der Waals surface area contributed by atoms with Crippen LogP contribution in [0.5, 0.6) is 0 Å². The van der Waals surface area contributed by atoms with E-state index in [0.717, 1.165) is 12.5 Å². The van der Waals surface area contributed by atoms with Gasteiger partial charge in [0.2, 0.25) is 10.0 Å². The Morgan fingerprint density at radius 3 is 2.53 bits per heavy atom. The van der Waals surface area contributed by atoms with Gasteiger partial charge in [-0.25, -0.2) is 17.1 Å². The van der Waals surface area contributed by atoms with E-state index in [2.05, 4.69) is 0 Å². The average molecular weight is 288 g/mol. The summed E-state index contributed by atoms with van der Waals surface area (Å²) >= 11 is 0. The molecule has 6 heteroatoms.